The first kappa shape index (κ1) is 12.1. The van der Waals surface area contributed by atoms with Crippen LogP contribution in [-0.4, -0.2) is 37.7 Å². The smallest absolute Gasteiger partial charge is 0.154 e. The van der Waals surface area contributed by atoms with Crippen molar-refractivity contribution in [2.75, 3.05) is 5.32 Å². The SMILES string of the molecule is C[C@H](O)[C@H](O)c1cnc2c(n1)N[C@@H](N)N[C@H]2O. The van der Waals surface area contributed by atoms with E-state index >= 15 is 0 Å². The lowest BCUT2D eigenvalue weighted by Crippen LogP contribution is -2.50. The molecule has 0 fully saturated rings. The number of nitrogens with two attached hydrogens (primary N) is 1. The Morgan fingerprint density at radius 1 is 1.47 bits per heavy atom. The molecule has 0 radical (unpaired) electrons. The quantitative estimate of drug-likeness (QED) is 0.354. The van der Waals surface area contributed by atoms with Gasteiger partial charge < -0.3 is 20.6 Å². The summed E-state index contributed by atoms with van der Waals surface area (Å²) >= 11 is 0. The fraction of sp³-hybridized carbons (Fsp3) is 0.556. The highest BCUT2D eigenvalue weighted by Gasteiger charge is 2.26. The Morgan fingerprint density at radius 2 is 2.18 bits per heavy atom. The Hall–Kier alpha value is -1.32. The van der Waals surface area contributed by atoms with Crippen LogP contribution < -0.4 is 16.4 Å². The van der Waals surface area contributed by atoms with E-state index in [2.05, 4.69) is 20.6 Å². The minimum Gasteiger partial charge on any atom is -0.390 e. The highest BCUT2D eigenvalue weighted by molar-refractivity contribution is 5.44. The fourth-order valence-corrected chi connectivity index (χ4v) is 1.55. The normalized spacial score (nSPS) is 26.9. The third-order valence-corrected chi connectivity index (χ3v) is 2.47. The summed E-state index contributed by atoms with van der Waals surface area (Å²) in [6.45, 7) is 1.45. The molecule has 8 heteroatoms. The van der Waals surface area contributed by atoms with Crippen LogP contribution in [0.5, 0.6) is 0 Å². The van der Waals surface area contributed by atoms with Crippen molar-refractivity contribution >= 4 is 5.82 Å². The van der Waals surface area contributed by atoms with Crippen LogP contribution in [0.1, 0.15) is 30.6 Å². The average molecular weight is 241 g/mol. The second-order valence-electron chi connectivity index (χ2n) is 3.91. The van der Waals surface area contributed by atoms with Crippen molar-refractivity contribution in [3.05, 3.63) is 17.6 Å². The topological polar surface area (TPSA) is 137 Å². The van der Waals surface area contributed by atoms with Gasteiger partial charge in [-0.1, -0.05) is 0 Å². The van der Waals surface area contributed by atoms with E-state index in [0.29, 0.717) is 11.5 Å². The van der Waals surface area contributed by atoms with Crippen molar-refractivity contribution in [1.82, 2.24) is 15.3 Å². The number of nitrogens with zero attached hydrogens (tertiary/aromatic N) is 2. The zero-order valence-corrected chi connectivity index (χ0v) is 9.20. The summed E-state index contributed by atoms with van der Waals surface area (Å²) in [4.78, 5) is 8.05. The summed E-state index contributed by atoms with van der Waals surface area (Å²) in [5.41, 5.74) is 6.08. The van der Waals surface area contributed by atoms with Gasteiger partial charge in [-0.3, -0.25) is 16.0 Å². The Bertz CT molecular complexity index is 414. The largest absolute Gasteiger partial charge is 0.390 e. The molecule has 0 spiro atoms. The lowest BCUT2D eigenvalue weighted by molar-refractivity contribution is 0.0274. The molecule has 1 aromatic rings. The van der Waals surface area contributed by atoms with Crippen LogP contribution in [0, 0.1) is 0 Å². The number of aromatic nitrogens is 2. The van der Waals surface area contributed by atoms with Crippen LogP contribution in [0.3, 0.4) is 0 Å². The van der Waals surface area contributed by atoms with Crippen LogP contribution in [0.25, 0.3) is 0 Å². The van der Waals surface area contributed by atoms with Gasteiger partial charge in [0.05, 0.1) is 18.0 Å². The van der Waals surface area contributed by atoms with Crippen molar-refractivity contribution in [1.29, 1.82) is 0 Å². The van der Waals surface area contributed by atoms with Crippen LogP contribution >= 0.6 is 0 Å². The Balaban J connectivity index is 2.33. The molecular weight excluding hydrogens is 226 g/mol. The molecule has 7 N–H and O–H groups in total. The maximum absolute atomic E-state index is 9.64. The number of aliphatic hydroxyl groups is 3. The van der Waals surface area contributed by atoms with Crippen molar-refractivity contribution in [3.63, 3.8) is 0 Å². The van der Waals surface area contributed by atoms with Gasteiger partial charge in [-0.25, -0.2) is 4.98 Å². The van der Waals surface area contributed by atoms with Gasteiger partial charge in [0.15, 0.2) is 12.0 Å². The zero-order chi connectivity index (χ0) is 12.6. The summed E-state index contributed by atoms with van der Waals surface area (Å²) in [5, 5.41) is 33.9. The molecule has 0 amide bonds. The second kappa shape index (κ2) is 4.51. The number of nitrogens with one attached hydrogen (secondary N) is 2. The maximum Gasteiger partial charge on any atom is 0.154 e. The number of hydrogen-bond donors (Lipinski definition) is 6. The predicted octanol–water partition coefficient (Wildman–Crippen LogP) is -1.86. The van der Waals surface area contributed by atoms with Gasteiger partial charge in [-0.15, -0.1) is 0 Å². The van der Waals surface area contributed by atoms with Gasteiger partial charge in [0.2, 0.25) is 0 Å². The van der Waals surface area contributed by atoms with Crippen molar-refractivity contribution < 1.29 is 15.3 Å². The summed E-state index contributed by atoms with van der Waals surface area (Å²) < 4.78 is 0. The second-order valence-corrected chi connectivity index (χ2v) is 3.91. The third kappa shape index (κ3) is 2.35. The standard InChI is InChI=1S/C9H15N5O3/c1-3(15)6(16)4-2-11-5-7(12-4)13-9(10)14-8(5)17/h2-3,6,8-9,14-17H,10H2,1H3,(H,12,13)/t3-,6-,8-,9+/m0/s1. The summed E-state index contributed by atoms with van der Waals surface area (Å²) in [5.74, 6) is 0.293. The predicted molar refractivity (Wildman–Crippen MR) is 58.4 cm³/mol. The molecule has 1 aliphatic heterocycles. The third-order valence-electron chi connectivity index (χ3n) is 2.47. The van der Waals surface area contributed by atoms with E-state index in [1.54, 1.807) is 0 Å². The molecule has 0 aliphatic carbocycles. The molecule has 94 valence electrons. The van der Waals surface area contributed by atoms with Crippen molar-refractivity contribution in [2.45, 2.75) is 31.6 Å². The molecule has 17 heavy (non-hydrogen) atoms. The zero-order valence-electron chi connectivity index (χ0n) is 9.20. The van der Waals surface area contributed by atoms with Gasteiger partial charge in [0, 0.05) is 0 Å². The minimum absolute atomic E-state index is 0.215. The first-order chi connectivity index (χ1) is 7.99. The van der Waals surface area contributed by atoms with E-state index in [0.717, 1.165) is 0 Å². The molecule has 0 bridgehead atoms. The van der Waals surface area contributed by atoms with E-state index in [1.165, 1.54) is 13.1 Å². The molecule has 8 nitrogen and oxygen atoms in total. The van der Waals surface area contributed by atoms with Crippen molar-refractivity contribution in [2.24, 2.45) is 5.73 Å². The van der Waals surface area contributed by atoms with E-state index in [4.69, 9.17) is 5.73 Å². The number of anilines is 1. The van der Waals surface area contributed by atoms with Gasteiger partial charge in [0.1, 0.15) is 18.1 Å². The number of fused-ring (bicyclic) bond motifs is 1. The maximum atomic E-state index is 9.64. The van der Waals surface area contributed by atoms with E-state index < -0.39 is 24.7 Å². The molecule has 0 saturated carbocycles. The average Bonchev–Trinajstić information content (AvgIpc) is 2.26. The van der Waals surface area contributed by atoms with Gasteiger partial charge in [-0.05, 0) is 6.92 Å². The molecule has 0 saturated heterocycles. The Kier molecular flexibility index (Phi) is 3.22. The Labute approximate surface area is 97.5 Å². The highest BCUT2D eigenvalue weighted by atomic mass is 16.3. The monoisotopic (exact) mass is 241 g/mol. The number of rotatable bonds is 2. The van der Waals surface area contributed by atoms with E-state index in [-0.39, 0.29) is 5.69 Å². The highest BCUT2D eigenvalue weighted by Crippen LogP contribution is 2.24. The number of aliphatic hydroxyl groups excluding tert-OH is 3. The molecule has 4 atom stereocenters. The Morgan fingerprint density at radius 3 is 2.82 bits per heavy atom. The van der Waals surface area contributed by atoms with Crippen LogP contribution in [-0.2, 0) is 0 Å². The van der Waals surface area contributed by atoms with Gasteiger partial charge in [-0.2, -0.15) is 0 Å². The first-order valence-corrected chi connectivity index (χ1v) is 5.18. The summed E-state index contributed by atoms with van der Waals surface area (Å²) in [6.07, 6.45) is -2.43. The molecule has 1 aromatic heterocycles. The molecule has 0 aromatic carbocycles. The van der Waals surface area contributed by atoms with Gasteiger partial charge >= 0.3 is 0 Å². The first-order valence-electron chi connectivity index (χ1n) is 5.18. The lowest BCUT2D eigenvalue weighted by atomic mass is 10.1. The summed E-state index contributed by atoms with van der Waals surface area (Å²) in [7, 11) is 0. The fourth-order valence-electron chi connectivity index (χ4n) is 1.55. The van der Waals surface area contributed by atoms with Crippen LogP contribution in [0.4, 0.5) is 5.82 Å². The molecule has 2 rings (SSSR count). The lowest BCUT2D eigenvalue weighted by Gasteiger charge is -2.28. The minimum atomic E-state index is -1.13. The molecule has 0 unspecified atom stereocenters. The number of hydrogen-bond acceptors (Lipinski definition) is 8. The van der Waals surface area contributed by atoms with Crippen LogP contribution in [0.2, 0.25) is 0 Å². The molecule has 1 aliphatic rings. The summed E-state index contributed by atoms with van der Waals surface area (Å²) in [6, 6.07) is 0. The van der Waals surface area contributed by atoms with Gasteiger partial charge in [0.25, 0.3) is 0 Å². The molecule has 2 heterocycles. The van der Waals surface area contributed by atoms with Crippen molar-refractivity contribution in [3.8, 4) is 0 Å². The van der Waals surface area contributed by atoms with E-state index in [9.17, 15) is 15.3 Å². The van der Waals surface area contributed by atoms with E-state index in [1.807, 2.05) is 0 Å². The van der Waals surface area contributed by atoms with Crippen LogP contribution in [0.15, 0.2) is 6.20 Å². The molecular formula is C9H15N5O3.